The molecule has 7 heteroatoms. The number of benzene rings is 2. The smallest absolute Gasteiger partial charge is 0.337 e. The molecule has 0 bridgehead atoms. The van der Waals surface area contributed by atoms with E-state index in [1.54, 1.807) is 42.5 Å². The maximum absolute atomic E-state index is 11.5. The van der Waals surface area contributed by atoms with Crippen LogP contribution in [0.4, 0.5) is 5.69 Å². The zero-order valence-electron chi connectivity index (χ0n) is 14.0. The predicted octanol–water partition coefficient (Wildman–Crippen LogP) is 4.84. The number of aliphatic imine (C=N–C) groups is 1. The Morgan fingerprint density at radius 2 is 1.56 bits per heavy atom. The number of hydrogen-bond donors (Lipinski definition) is 0. The molecule has 25 heavy (non-hydrogen) atoms. The number of carbonyl (C=O) groups excluding carboxylic acids is 1. The van der Waals surface area contributed by atoms with Gasteiger partial charge in [0.15, 0.2) is 6.10 Å². The minimum absolute atomic E-state index is 0.281. The SMILES string of the molecule is COC(=O)c1ccc(C(OC)C(=Nc2c(Cl)cccc2Cl)OC)cc1. The lowest BCUT2D eigenvalue weighted by molar-refractivity contribution is 0.0600. The Hall–Kier alpha value is -2.08. The van der Waals surface area contributed by atoms with E-state index in [0.717, 1.165) is 5.56 Å². The van der Waals surface area contributed by atoms with Crippen molar-refractivity contribution in [3.8, 4) is 0 Å². The van der Waals surface area contributed by atoms with Crippen LogP contribution in [-0.4, -0.2) is 33.2 Å². The summed E-state index contributed by atoms with van der Waals surface area (Å²) in [6.07, 6.45) is -0.593. The van der Waals surface area contributed by atoms with Gasteiger partial charge in [-0.2, -0.15) is 0 Å². The fourth-order valence-corrected chi connectivity index (χ4v) is 2.69. The standard InChI is InChI=1S/C18H17Cl2NO4/c1-23-16(11-7-9-12(10-8-11)18(22)25-3)17(24-2)21-15-13(19)5-4-6-14(15)20/h4-10,16H,1-3H3. The molecule has 2 rings (SSSR count). The fraction of sp³-hybridized carbons (Fsp3) is 0.222. The van der Waals surface area contributed by atoms with E-state index in [4.69, 9.17) is 32.7 Å². The van der Waals surface area contributed by atoms with Crippen LogP contribution in [0.25, 0.3) is 0 Å². The summed E-state index contributed by atoms with van der Waals surface area (Å²) in [6.45, 7) is 0. The third-order valence-electron chi connectivity index (χ3n) is 3.46. The van der Waals surface area contributed by atoms with Crippen molar-refractivity contribution in [2.45, 2.75) is 6.10 Å². The first kappa shape index (κ1) is 19.2. The topological polar surface area (TPSA) is 57.1 Å². The maximum atomic E-state index is 11.5. The summed E-state index contributed by atoms with van der Waals surface area (Å²) < 4.78 is 15.6. The Bertz CT molecular complexity index is 755. The molecule has 2 aromatic rings. The van der Waals surface area contributed by atoms with E-state index in [2.05, 4.69) is 9.73 Å². The molecule has 0 saturated heterocycles. The van der Waals surface area contributed by atoms with Gasteiger partial charge in [0, 0.05) is 7.11 Å². The van der Waals surface area contributed by atoms with E-state index in [0.29, 0.717) is 21.3 Å². The molecule has 0 spiro atoms. The average molecular weight is 382 g/mol. The van der Waals surface area contributed by atoms with Gasteiger partial charge in [0.05, 0.1) is 29.8 Å². The zero-order valence-corrected chi connectivity index (χ0v) is 15.5. The molecule has 0 aliphatic heterocycles. The molecule has 0 aromatic heterocycles. The van der Waals surface area contributed by atoms with Crippen molar-refractivity contribution in [2.24, 2.45) is 4.99 Å². The Morgan fingerprint density at radius 1 is 0.960 bits per heavy atom. The van der Waals surface area contributed by atoms with E-state index in [1.165, 1.54) is 21.3 Å². The quantitative estimate of drug-likeness (QED) is 0.422. The Labute approximate surface area is 156 Å². The summed E-state index contributed by atoms with van der Waals surface area (Å²) >= 11 is 12.3. The van der Waals surface area contributed by atoms with Crippen molar-refractivity contribution in [3.05, 3.63) is 63.6 Å². The highest BCUT2D eigenvalue weighted by Gasteiger charge is 2.21. The molecule has 132 valence electrons. The normalized spacial score (nSPS) is 12.6. The van der Waals surface area contributed by atoms with Crippen LogP contribution >= 0.6 is 23.2 Å². The number of methoxy groups -OCH3 is 3. The molecule has 0 aliphatic carbocycles. The molecule has 0 saturated carbocycles. The molecule has 2 aromatic carbocycles. The molecule has 1 atom stereocenters. The van der Waals surface area contributed by atoms with Gasteiger partial charge in [0.2, 0.25) is 5.90 Å². The molecule has 0 fully saturated rings. The zero-order chi connectivity index (χ0) is 18.4. The van der Waals surface area contributed by atoms with Gasteiger partial charge in [0.25, 0.3) is 0 Å². The molecule has 0 amide bonds. The number of rotatable bonds is 5. The van der Waals surface area contributed by atoms with Crippen LogP contribution in [0.3, 0.4) is 0 Å². The van der Waals surface area contributed by atoms with E-state index in [9.17, 15) is 4.79 Å². The Morgan fingerprint density at radius 3 is 2.04 bits per heavy atom. The highest BCUT2D eigenvalue weighted by Crippen LogP contribution is 2.34. The van der Waals surface area contributed by atoms with Crippen molar-refractivity contribution in [2.75, 3.05) is 21.3 Å². The van der Waals surface area contributed by atoms with Crippen molar-refractivity contribution in [3.63, 3.8) is 0 Å². The van der Waals surface area contributed by atoms with Crippen LogP contribution in [0.1, 0.15) is 22.0 Å². The van der Waals surface area contributed by atoms with E-state index in [-0.39, 0.29) is 5.90 Å². The molecule has 0 heterocycles. The van der Waals surface area contributed by atoms with Gasteiger partial charge in [-0.3, -0.25) is 0 Å². The third-order valence-corrected chi connectivity index (χ3v) is 4.07. The summed E-state index contributed by atoms with van der Waals surface area (Å²) in [5, 5.41) is 0.802. The van der Waals surface area contributed by atoms with Gasteiger partial charge in [-0.25, -0.2) is 9.79 Å². The highest BCUT2D eigenvalue weighted by molar-refractivity contribution is 6.38. The van der Waals surface area contributed by atoms with Gasteiger partial charge < -0.3 is 14.2 Å². The number of esters is 1. The minimum Gasteiger partial charge on any atom is -0.482 e. The van der Waals surface area contributed by atoms with Crippen LogP contribution in [0.2, 0.25) is 10.0 Å². The van der Waals surface area contributed by atoms with Crippen molar-refractivity contribution in [1.82, 2.24) is 0 Å². The summed E-state index contributed by atoms with van der Waals surface area (Å²) in [6, 6.07) is 11.9. The average Bonchev–Trinajstić information content (AvgIpc) is 2.63. The van der Waals surface area contributed by atoms with E-state index in [1.807, 2.05) is 0 Å². The van der Waals surface area contributed by atoms with Crippen molar-refractivity contribution in [1.29, 1.82) is 0 Å². The molecular formula is C18H17Cl2NO4. The Balaban J connectivity index is 2.40. The van der Waals surface area contributed by atoms with Crippen LogP contribution in [0, 0.1) is 0 Å². The second kappa shape index (κ2) is 8.85. The third kappa shape index (κ3) is 4.51. The monoisotopic (exact) mass is 381 g/mol. The van der Waals surface area contributed by atoms with Gasteiger partial charge in [-0.1, -0.05) is 41.4 Å². The van der Waals surface area contributed by atoms with Gasteiger partial charge >= 0.3 is 5.97 Å². The van der Waals surface area contributed by atoms with Crippen molar-refractivity contribution >= 4 is 40.8 Å². The fourth-order valence-electron chi connectivity index (χ4n) is 2.21. The van der Waals surface area contributed by atoms with Crippen LogP contribution in [0.5, 0.6) is 0 Å². The number of nitrogens with zero attached hydrogens (tertiary/aromatic N) is 1. The van der Waals surface area contributed by atoms with Crippen LogP contribution < -0.4 is 0 Å². The first-order valence-electron chi connectivity index (χ1n) is 7.29. The summed E-state index contributed by atoms with van der Waals surface area (Å²) in [4.78, 5) is 16.0. The van der Waals surface area contributed by atoms with Gasteiger partial charge in [-0.05, 0) is 29.8 Å². The number of ether oxygens (including phenoxy) is 3. The summed E-state index contributed by atoms with van der Waals surface area (Å²) in [5.74, 6) is -0.132. The van der Waals surface area contributed by atoms with Crippen LogP contribution in [-0.2, 0) is 14.2 Å². The van der Waals surface area contributed by atoms with E-state index >= 15 is 0 Å². The molecule has 0 aliphatic rings. The van der Waals surface area contributed by atoms with E-state index < -0.39 is 12.1 Å². The number of para-hydroxylation sites is 1. The van der Waals surface area contributed by atoms with Crippen molar-refractivity contribution < 1.29 is 19.0 Å². The minimum atomic E-state index is -0.593. The van der Waals surface area contributed by atoms with Gasteiger partial charge in [-0.15, -0.1) is 0 Å². The maximum Gasteiger partial charge on any atom is 0.337 e. The Kier molecular flexibility index (Phi) is 6.82. The molecular weight excluding hydrogens is 365 g/mol. The molecule has 1 unspecified atom stereocenters. The lowest BCUT2D eigenvalue weighted by atomic mass is 10.1. The second-order valence-electron chi connectivity index (χ2n) is 4.95. The first-order valence-corrected chi connectivity index (χ1v) is 8.05. The lowest BCUT2D eigenvalue weighted by Gasteiger charge is -2.18. The summed E-state index contributed by atoms with van der Waals surface area (Å²) in [5.41, 5.74) is 1.58. The first-order chi connectivity index (χ1) is 12.0. The number of hydrogen-bond acceptors (Lipinski definition) is 5. The number of halogens is 2. The molecule has 5 nitrogen and oxygen atoms in total. The lowest BCUT2D eigenvalue weighted by Crippen LogP contribution is -2.16. The highest BCUT2D eigenvalue weighted by atomic mass is 35.5. The van der Waals surface area contributed by atoms with Gasteiger partial charge in [0.1, 0.15) is 5.69 Å². The second-order valence-corrected chi connectivity index (χ2v) is 5.77. The summed E-state index contributed by atoms with van der Waals surface area (Å²) in [7, 11) is 4.34. The van der Waals surface area contributed by atoms with Crippen LogP contribution in [0.15, 0.2) is 47.5 Å². The largest absolute Gasteiger partial charge is 0.482 e. The predicted molar refractivity (Wildman–Crippen MR) is 98.1 cm³/mol. The number of carbonyl (C=O) groups is 1. The molecule has 0 N–H and O–H groups in total. The molecule has 0 radical (unpaired) electrons.